The maximum atomic E-state index is 13.2. The van der Waals surface area contributed by atoms with Crippen LogP contribution in [0, 0.1) is 11.6 Å². The van der Waals surface area contributed by atoms with Gasteiger partial charge in [-0.25, -0.2) is 17.2 Å². The minimum atomic E-state index is -3.12. The van der Waals surface area contributed by atoms with Crippen LogP contribution >= 0.6 is 24.0 Å². The Hall–Kier alpha value is -0.970. The summed E-state index contributed by atoms with van der Waals surface area (Å²) < 4.78 is 49.9. The van der Waals surface area contributed by atoms with Crippen LogP contribution in [-0.2, 0) is 16.3 Å². The van der Waals surface area contributed by atoms with E-state index in [2.05, 4.69) is 10.3 Å². The van der Waals surface area contributed by atoms with Gasteiger partial charge in [0.25, 0.3) is 0 Å². The van der Waals surface area contributed by atoms with Gasteiger partial charge < -0.3 is 10.2 Å². The van der Waals surface area contributed by atoms with E-state index in [0.29, 0.717) is 44.1 Å². The topological polar surface area (TPSA) is 61.8 Å². The molecule has 1 N–H and O–H groups in total. The standard InChI is InChI=1S/C17H25F2N3O2S.HI/c1-4-20-16(22-7-8-25(23,24)17(2,3)12-22)21-6-5-13-9-14(18)11-15(19)10-13;/h9-11H,4-8,12H2,1-3H3,(H,20,21);1H. The minimum absolute atomic E-state index is 0. The lowest BCUT2D eigenvalue weighted by Gasteiger charge is -2.39. The van der Waals surface area contributed by atoms with Crippen molar-refractivity contribution in [3.63, 3.8) is 0 Å². The van der Waals surface area contributed by atoms with E-state index in [-0.39, 0.29) is 29.7 Å². The molecule has 0 unspecified atom stereocenters. The molecule has 0 aliphatic carbocycles. The van der Waals surface area contributed by atoms with E-state index in [1.54, 1.807) is 13.8 Å². The molecular weight excluding hydrogens is 475 g/mol. The average Bonchev–Trinajstić information content (AvgIpc) is 2.48. The second-order valence-corrected chi connectivity index (χ2v) is 9.51. The number of hydrogen-bond donors (Lipinski definition) is 1. The lowest BCUT2D eigenvalue weighted by molar-refractivity contribution is 0.353. The normalized spacial score (nSPS) is 19.0. The Labute approximate surface area is 171 Å². The Morgan fingerprint density at radius 3 is 2.42 bits per heavy atom. The molecule has 1 saturated heterocycles. The fourth-order valence-electron chi connectivity index (χ4n) is 2.80. The van der Waals surface area contributed by atoms with E-state index in [9.17, 15) is 17.2 Å². The summed E-state index contributed by atoms with van der Waals surface area (Å²) in [4.78, 5) is 6.42. The first kappa shape index (κ1) is 23.1. The molecule has 0 aromatic heterocycles. The molecule has 1 aromatic rings. The van der Waals surface area contributed by atoms with E-state index in [1.807, 2.05) is 11.8 Å². The minimum Gasteiger partial charge on any atom is -0.357 e. The van der Waals surface area contributed by atoms with Gasteiger partial charge >= 0.3 is 0 Å². The van der Waals surface area contributed by atoms with Crippen molar-refractivity contribution in [3.8, 4) is 0 Å². The number of rotatable bonds is 4. The summed E-state index contributed by atoms with van der Waals surface area (Å²) in [5, 5.41) is 3.16. The lowest BCUT2D eigenvalue weighted by atomic mass is 10.1. The summed E-state index contributed by atoms with van der Waals surface area (Å²) in [6.07, 6.45) is 0.402. The molecule has 0 saturated carbocycles. The molecule has 2 rings (SSSR count). The van der Waals surface area contributed by atoms with Crippen LogP contribution in [-0.4, -0.2) is 56.0 Å². The number of benzene rings is 1. The Kier molecular flexibility index (Phi) is 8.25. The fourth-order valence-corrected chi connectivity index (χ4v) is 4.16. The summed E-state index contributed by atoms with van der Waals surface area (Å²) in [7, 11) is -3.12. The first-order valence-corrected chi connectivity index (χ1v) is 10.0. The number of sulfone groups is 1. The van der Waals surface area contributed by atoms with Gasteiger partial charge in [-0.3, -0.25) is 4.99 Å². The highest BCUT2D eigenvalue weighted by Crippen LogP contribution is 2.23. The van der Waals surface area contributed by atoms with Crippen molar-refractivity contribution in [2.45, 2.75) is 31.9 Å². The first-order chi connectivity index (χ1) is 11.6. The summed E-state index contributed by atoms with van der Waals surface area (Å²) in [5.74, 6) is -0.496. The van der Waals surface area contributed by atoms with Gasteiger partial charge in [0.1, 0.15) is 11.6 Å². The summed E-state index contributed by atoms with van der Waals surface area (Å²) in [6.45, 7) is 7.11. The predicted molar refractivity (Wildman–Crippen MR) is 111 cm³/mol. The Morgan fingerprint density at radius 2 is 1.88 bits per heavy atom. The molecular formula is C17H26F2IN3O2S. The van der Waals surface area contributed by atoms with Crippen molar-refractivity contribution in [2.24, 2.45) is 4.99 Å². The molecule has 0 atom stereocenters. The number of aliphatic imine (C=N–C) groups is 1. The Balaban J connectivity index is 0.00000338. The largest absolute Gasteiger partial charge is 0.357 e. The zero-order valence-corrected chi connectivity index (χ0v) is 18.4. The molecule has 26 heavy (non-hydrogen) atoms. The Morgan fingerprint density at radius 1 is 1.27 bits per heavy atom. The van der Waals surface area contributed by atoms with Crippen LogP contribution in [0.2, 0.25) is 0 Å². The van der Waals surface area contributed by atoms with Gasteiger partial charge in [-0.1, -0.05) is 0 Å². The quantitative estimate of drug-likeness (QED) is 0.392. The number of nitrogens with one attached hydrogen (secondary N) is 1. The van der Waals surface area contributed by atoms with E-state index >= 15 is 0 Å². The average molecular weight is 501 g/mol. The molecule has 9 heteroatoms. The van der Waals surface area contributed by atoms with E-state index in [0.717, 1.165) is 6.07 Å². The highest BCUT2D eigenvalue weighted by Gasteiger charge is 2.40. The number of halogens is 3. The molecule has 0 radical (unpaired) electrons. The molecule has 1 fully saturated rings. The van der Waals surface area contributed by atoms with E-state index in [4.69, 9.17) is 0 Å². The molecule has 0 spiro atoms. The third kappa shape index (κ3) is 5.77. The van der Waals surface area contributed by atoms with Crippen LogP contribution in [0.4, 0.5) is 8.78 Å². The molecule has 0 bridgehead atoms. The van der Waals surface area contributed by atoms with Gasteiger partial charge in [0.2, 0.25) is 0 Å². The predicted octanol–water partition coefficient (Wildman–Crippen LogP) is 2.60. The maximum absolute atomic E-state index is 13.2. The van der Waals surface area contributed by atoms with Crippen molar-refractivity contribution in [1.29, 1.82) is 0 Å². The lowest BCUT2D eigenvalue weighted by Crippen LogP contribution is -2.57. The highest BCUT2D eigenvalue weighted by molar-refractivity contribution is 14.0. The van der Waals surface area contributed by atoms with Crippen LogP contribution in [0.1, 0.15) is 26.3 Å². The second kappa shape index (κ2) is 9.29. The summed E-state index contributed by atoms with van der Waals surface area (Å²) >= 11 is 0. The molecule has 0 amide bonds. The van der Waals surface area contributed by atoms with Gasteiger partial charge in [-0.05, 0) is 44.9 Å². The van der Waals surface area contributed by atoms with Gasteiger partial charge in [-0.15, -0.1) is 24.0 Å². The van der Waals surface area contributed by atoms with Crippen molar-refractivity contribution < 1.29 is 17.2 Å². The van der Waals surface area contributed by atoms with Crippen molar-refractivity contribution in [1.82, 2.24) is 10.2 Å². The Bertz CT molecular complexity index is 734. The number of guanidine groups is 1. The van der Waals surface area contributed by atoms with Gasteiger partial charge in [0, 0.05) is 32.2 Å². The van der Waals surface area contributed by atoms with Crippen molar-refractivity contribution in [2.75, 3.05) is 31.9 Å². The van der Waals surface area contributed by atoms with Crippen LogP contribution in [0.3, 0.4) is 0 Å². The fraction of sp³-hybridized carbons (Fsp3) is 0.588. The smallest absolute Gasteiger partial charge is 0.194 e. The zero-order chi connectivity index (χ0) is 18.7. The van der Waals surface area contributed by atoms with Gasteiger partial charge in [0.15, 0.2) is 15.8 Å². The van der Waals surface area contributed by atoms with Gasteiger partial charge in [0.05, 0.1) is 10.5 Å². The van der Waals surface area contributed by atoms with E-state index in [1.165, 1.54) is 12.1 Å². The first-order valence-electron chi connectivity index (χ1n) is 8.35. The zero-order valence-electron chi connectivity index (χ0n) is 15.3. The monoisotopic (exact) mass is 501 g/mol. The highest BCUT2D eigenvalue weighted by atomic mass is 127. The van der Waals surface area contributed by atoms with E-state index < -0.39 is 26.2 Å². The second-order valence-electron chi connectivity index (χ2n) is 6.76. The summed E-state index contributed by atoms with van der Waals surface area (Å²) in [5.41, 5.74) is 0.540. The molecule has 1 aliphatic rings. The SMILES string of the molecule is CCNC(=NCCc1cc(F)cc(F)c1)N1CCS(=O)(=O)C(C)(C)C1.I. The van der Waals surface area contributed by atoms with Crippen LogP contribution in [0.5, 0.6) is 0 Å². The molecule has 1 aromatic carbocycles. The molecule has 1 heterocycles. The third-order valence-electron chi connectivity index (χ3n) is 4.26. The molecule has 5 nitrogen and oxygen atoms in total. The molecule has 148 valence electrons. The third-order valence-corrected chi connectivity index (χ3v) is 6.80. The number of nitrogens with zero attached hydrogens (tertiary/aromatic N) is 2. The van der Waals surface area contributed by atoms with Gasteiger partial charge in [-0.2, -0.15) is 0 Å². The van der Waals surface area contributed by atoms with Crippen LogP contribution in [0.25, 0.3) is 0 Å². The van der Waals surface area contributed by atoms with Crippen molar-refractivity contribution in [3.05, 3.63) is 35.4 Å². The van der Waals surface area contributed by atoms with Crippen LogP contribution < -0.4 is 5.32 Å². The number of hydrogen-bond acceptors (Lipinski definition) is 3. The summed E-state index contributed by atoms with van der Waals surface area (Å²) in [6, 6.07) is 3.43. The van der Waals surface area contributed by atoms with Crippen molar-refractivity contribution >= 4 is 39.8 Å². The van der Waals surface area contributed by atoms with Crippen LogP contribution in [0.15, 0.2) is 23.2 Å². The maximum Gasteiger partial charge on any atom is 0.194 e. The molecule has 1 aliphatic heterocycles.